The summed E-state index contributed by atoms with van der Waals surface area (Å²) < 4.78 is 8.59. The number of cyclic esters (lactones) is 1. The normalized spacial score (nSPS) is 14.4. The predicted octanol–water partition coefficient (Wildman–Crippen LogP) is 6.31. The average molecular weight is 481 g/mol. The first kappa shape index (κ1) is 20.0. The van der Waals surface area contributed by atoms with Crippen molar-refractivity contribution in [3.8, 4) is 6.07 Å². The van der Waals surface area contributed by atoms with Gasteiger partial charge in [0, 0.05) is 39.2 Å². The third-order valence-corrected chi connectivity index (χ3v) is 5.99. The predicted molar refractivity (Wildman–Crippen MR) is 128 cm³/mol. The second-order valence-electron chi connectivity index (χ2n) is 7.50. The van der Waals surface area contributed by atoms with Crippen molar-refractivity contribution >= 4 is 44.6 Å². The van der Waals surface area contributed by atoms with Gasteiger partial charge >= 0.3 is 5.97 Å². The zero-order valence-corrected chi connectivity index (χ0v) is 18.5. The third-order valence-electron chi connectivity index (χ3n) is 5.46. The highest BCUT2D eigenvalue weighted by atomic mass is 79.9. The van der Waals surface area contributed by atoms with Crippen LogP contribution in [0.15, 0.2) is 95.1 Å². The fraction of sp³-hybridized carbons (Fsp3) is 0.0370. The number of aromatic nitrogens is 1. The Morgan fingerprint density at radius 3 is 2.56 bits per heavy atom. The lowest BCUT2D eigenvalue weighted by Crippen LogP contribution is -2.00. The molecule has 1 aliphatic heterocycles. The molecule has 0 fully saturated rings. The Labute approximate surface area is 193 Å². The lowest BCUT2D eigenvalue weighted by Gasteiger charge is -2.07. The summed E-state index contributed by atoms with van der Waals surface area (Å²) in [4.78, 5) is 12.6. The van der Waals surface area contributed by atoms with Gasteiger partial charge in [-0.3, -0.25) is 0 Å². The third kappa shape index (κ3) is 3.77. The summed E-state index contributed by atoms with van der Waals surface area (Å²) in [6.45, 7) is 0.567. The second-order valence-corrected chi connectivity index (χ2v) is 8.42. The van der Waals surface area contributed by atoms with Crippen molar-refractivity contribution in [1.29, 1.82) is 5.26 Å². The molecule has 1 aliphatic rings. The zero-order valence-electron chi connectivity index (χ0n) is 17.0. The van der Waals surface area contributed by atoms with Crippen molar-refractivity contribution in [1.82, 2.24) is 4.57 Å². The van der Waals surface area contributed by atoms with Crippen LogP contribution in [-0.4, -0.2) is 10.5 Å². The van der Waals surface area contributed by atoms with E-state index in [9.17, 15) is 10.1 Å². The molecule has 0 N–H and O–H groups in total. The largest absolute Gasteiger partial charge is 0.422 e. The molecule has 0 unspecified atom stereocenters. The number of para-hydroxylation sites is 1. The van der Waals surface area contributed by atoms with Gasteiger partial charge in [-0.2, -0.15) is 5.26 Å². The molecule has 0 saturated carbocycles. The highest BCUT2D eigenvalue weighted by Gasteiger charge is 2.22. The molecule has 5 heteroatoms. The molecule has 0 spiro atoms. The highest BCUT2D eigenvalue weighted by Crippen LogP contribution is 2.31. The molecule has 0 atom stereocenters. The maximum Gasteiger partial charge on any atom is 0.343 e. The van der Waals surface area contributed by atoms with Crippen LogP contribution in [0.5, 0.6) is 0 Å². The number of carbonyl (C=O) groups is 1. The monoisotopic (exact) mass is 480 g/mol. The average Bonchev–Trinajstić information content (AvgIpc) is 3.35. The number of fused-ring (bicyclic) bond motifs is 1. The van der Waals surface area contributed by atoms with Gasteiger partial charge in [0.25, 0.3) is 0 Å². The van der Waals surface area contributed by atoms with E-state index in [0.717, 1.165) is 32.1 Å². The van der Waals surface area contributed by atoms with Crippen molar-refractivity contribution in [2.75, 3.05) is 0 Å². The van der Waals surface area contributed by atoms with Gasteiger partial charge in [0.1, 0.15) is 5.76 Å². The summed E-state index contributed by atoms with van der Waals surface area (Å²) in [5.41, 5.74) is 4.92. The standard InChI is InChI=1S/C27H17BrN2O2/c28-23-11-9-18(10-12-23)26-14-21(27(31)32-26)13-22-17-30(25-8-4-3-7-24(22)25)16-20-6-2-1-5-19(20)15-29/h1-14,17H,16H2/b21-13+. The van der Waals surface area contributed by atoms with Crippen molar-refractivity contribution in [2.24, 2.45) is 0 Å². The van der Waals surface area contributed by atoms with Gasteiger partial charge in [-0.15, -0.1) is 0 Å². The summed E-state index contributed by atoms with van der Waals surface area (Å²) in [6.07, 6.45) is 5.66. The second kappa shape index (κ2) is 8.33. The van der Waals surface area contributed by atoms with Gasteiger partial charge in [0.2, 0.25) is 0 Å². The van der Waals surface area contributed by atoms with Crippen LogP contribution in [0.3, 0.4) is 0 Å². The summed E-state index contributed by atoms with van der Waals surface area (Å²) in [5, 5.41) is 10.5. The Kier molecular flexibility index (Phi) is 5.22. The van der Waals surface area contributed by atoms with Gasteiger partial charge in [0.05, 0.1) is 17.2 Å². The molecule has 32 heavy (non-hydrogen) atoms. The topological polar surface area (TPSA) is 55.0 Å². The Morgan fingerprint density at radius 2 is 1.75 bits per heavy atom. The van der Waals surface area contributed by atoms with Crippen LogP contribution < -0.4 is 0 Å². The number of rotatable bonds is 4. The van der Waals surface area contributed by atoms with Crippen molar-refractivity contribution < 1.29 is 9.53 Å². The van der Waals surface area contributed by atoms with E-state index in [0.29, 0.717) is 23.4 Å². The smallest absolute Gasteiger partial charge is 0.343 e. The number of benzene rings is 3. The van der Waals surface area contributed by atoms with Crippen LogP contribution in [0.25, 0.3) is 22.7 Å². The number of hydrogen-bond donors (Lipinski definition) is 0. The SMILES string of the molecule is N#Cc1ccccc1Cn1cc(/C=C2\C=C(c3ccc(Br)cc3)OC2=O)c2ccccc21. The molecule has 0 aliphatic carbocycles. The van der Waals surface area contributed by atoms with E-state index in [-0.39, 0.29) is 5.97 Å². The molecule has 154 valence electrons. The Morgan fingerprint density at radius 1 is 1.00 bits per heavy atom. The molecular weight excluding hydrogens is 464 g/mol. The molecule has 2 heterocycles. The van der Waals surface area contributed by atoms with E-state index in [1.165, 1.54) is 0 Å². The molecule has 5 rings (SSSR count). The molecule has 4 aromatic rings. The maximum atomic E-state index is 12.6. The van der Waals surface area contributed by atoms with Crippen LogP contribution >= 0.6 is 15.9 Å². The maximum absolute atomic E-state index is 12.6. The Balaban J connectivity index is 1.55. The van der Waals surface area contributed by atoms with E-state index in [1.54, 1.807) is 6.08 Å². The van der Waals surface area contributed by atoms with Crippen molar-refractivity contribution in [2.45, 2.75) is 6.54 Å². The van der Waals surface area contributed by atoms with E-state index in [4.69, 9.17) is 4.74 Å². The van der Waals surface area contributed by atoms with Gasteiger partial charge < -0.3 is 9.30 Å². The lowest BCUT2D eigenvalue weighted by atomic mass is 10.1. The number of ether oxygens (including phenoxy) is 1. The van der Waals surface area contributed by atoms with Crippen LogP contribution in [0, 0.1) is 11.3 Å². The first-order chi connectivity index (χ1) is 15.6. The number of carbonyl (C=O) groups excluding carboxylic acids is 1. The lowest BCUT2D eigenvalue weighted by molar-refractivity contribution is -0.130. The zero-order chi connectivity index (χ0) is 22.1. The van der Waals surface area contributed by atoms with Crippen LogP contribution in [0.4, 0.5) is 0 Å². The van der Waals surface area contributed by atoms with E-state index in [2.05, 4.69) is 26.6 Å². The van der Waals surface area contributed by atoms with E-state index in [1.807, 2.05) is 85.1 Å². The quantitative estimate of drug-likeness (QED) is 0.254. The van der Waals surface area contributed by atoms with Crippen molar-refractivity contribution in [3.63, 3.8) is 0 Å². The molecule has 0 saturated heterocycles. The van der Waals surface area contributed by atoms with Gasteiger partial charge in [-0.1, -0.05) is 64.5 Å². The fourth-order valence-corrected chi connectivity index (χ4v) is 4.15. The first-order valence-electron chi connectivity index (χ1n) is 10.1. The van der Waals surface area contributed by atoms with Gasteiger partial charge in [-0.05, 0) is 42.0 Å². The number of esters is 1. The molecule has 0 radical (unpaired) electrons. The summed E-state index contributed by atoms with van der Waals surface area (Å²) in [6, 6.07) is 25.6. The summed E-state index contributed by atoms with van der Waals surface area (Å²) in [7, 11) is 0. The minimum Gasteiger partial charge on any atom is -0.422 e. The number of halogens is 1. The van der Waals surface area contributed by atoms with Crippen LogP contribution in [0.1, 0.15) is 22.3 Å². The summed E-state index contributed by atoms with van der Waals surface area (Å²) >= 11 is 3.42. The molecule has 0 bridgehead atoms. The number of hydrogen-bond acceptors (Lipinski definition) is 3. The van der Waals surface area contributed by atoms with Crippen molar-refractivity contribution in [3.05, 3.63) is 117 Å². The van der Waals surface area contributed by atoms with Gasteiger partial charge in [-0.25, -0.2) is 4.79 Å². The first-order valence-corrected chi connectivity index (χ1v) is 10.9. The van der Waals surface area contributed by atoms with Crippen LogP contribution in [0.2, 0.25) is 0 Å². The van der Waals surface area contributed by atoms with Gasteiger partial charge in [0.15, 0.2) is 0 Å². The molecule has 1 aromatic heterocycles. The number of nitriles is 1. The van der Waals surface area contributed by atoms with Crippen LogP contribution in [-0.2, 0) is 16.1 Å². The Hall–Kier alpha value is -3.88. The molecule has 4 nitrogen and oxygen atoms in total. The fourth-order valence-electron chi connectivity index (χ4n) is 3.88. The van der Waals surface area contributed by atoms with E-state index >= 15 is 0 Å². The number of nitrogens with zero attached hydrogens (tertiary/aromatic N) is 2. The highest BCUT2D eigenvalue weighted by molar-refractivity contribution is 9.10. The molecule has 3 aromatic carbocycles. The molecular formula is C27H17BrN2O2. The Bertz CT molecular complexity index is 1450. The molecule has 0 amide bonds. The van der Waals surface area contributed by atoms with E-state index < -0.39 is 0 Å². The minimum absolute atomic E-state index is 0.366. The summed E-state index contributed by atoms with van der Waals surface area (Å²) in [5.74, 6) is 0.176. The minimum atomic E-state index is -0.366.